The molecule has 3 heteroatoms. The first kappa shape index (κ1) is 9.06. The number of aromatic nitrogens is 2. The van der Waals surface area contributed by atoms with E-state index in [0.29, 0.717) is 11.9 Å². The van der Waals surface area contributed by atoms with Crippen molar-refractivity contribution in [2.75, 3.05) is 5.73 Å². The summed E-state index contributed by atoms with van der Waals surface area (Å²) in [7, 11) is 0. The second-order valence-electron chi connectivity index (χ2n) is 3.94. The molecular weight excluding hydrogens is 174 g/mol. The van der Waals surface area contributed by atoms with Crippen LogP contribution in [0.3, 0.4) is 0 Å². The van der Waals surface area contributed by atoms with Gasteiger partial charge in [0.2, 0.25) is 0 Å². The fraction of sp³-hybridized carbons (Fsp3) is 0.364. The lowest BCUT2D eigenvalue weighted by molar-refractivity contribution is 0.553. The quantitative estimate of drug-likeness (QED) is 0.749. The van der Waals surface area contributed by atoms with Crippen molar-refractivity contribution in [3.8, 4) is 0 Å². The lowest BCUT2D eigenvalue weighted by Gasteiger charge is -2.06. The summed E-state index contributed by atoms with van der Waals surface area (Å²) in [6.45, 7) is 6.29. The van der Waals surface area contributed by atoms with Gasteiger partial charge in [0.15, 0.2) is 5.82 Å². The average molecular weight is 189 g/mol. The van der Waals surface area contributed by atoms with Crippen LogP contribution in [0.5, 0.6) is 0 Å². The van der Waals surface area contributed by atoms with Crippen molar-refractivity contribution in [3.05, 3.63) is 23.8 Å². The lowest BCUT2D eigenvalue weighted by atomic mass is 10.2. The zero-order valence-electron chi connectivity index (χ0n) is 8.78. The maximum atomic E-state index is 5.83. The van der Waals surface area contributed by atoms with Crippen LogP contribution in [-0.4, -0.2) is 9.78 Å². The average Bonchev–Trinajstić information content (AvgIpc) is 2.43. The Labute approximate surface area is 83.5 Å². The van der Waals surface area contributed by atoms with E-state index in [1.807, 2.05) is 10.7 Å². The van der Waals surface area contributed by atoms with Gasteiger partial charge in [-0.1, -0.05) is 6.07 Å². The topological polar surface area (TPSA) is 43.8 Å². The molecule has 0 spiro atoms. The Hall–Kier alpha value is -1.51. The number of nitrogens with two attached hydrogens (primary N) is 1. The molecule has 2 N–H and O–H groups in total. The number of nitrogens with zero attached hydrogens (tertiary/aromatic N) is 2. The summed E-state index contributed by atoms with van der Waals surface area (Å²) in [5.74, 6) is 0.619. The van der Waals surface area contributed by atoms with E-state index >= 15 is 0 Å². The minimum Gasteiger partial charge on any atom is -0.382 e. The Morgan fingerprint density at radius 1 is 1.36 bits per heavy atom. The normalized spacial score (nSPS) is 11.4. The van der Waals surface area contributed by atoms with Crippen molar-refractivity contribution in [2.24, 2.45) is 0 Å². The molecule has 0 saturated carbocycles. The van der Waals surface area contributed by atoms with Gasteiger partial charge in [-0.3, -0.25) is 4.68 Å². The minimum atomic E-state index is 0.344. The highest BCUT2D eigenvalue weighted by molar-refractivity contribution is 5.89. The summed E-state index contributed by atoms with van der Waals surface area (Å²) < 4.78 is 1.97. The number of fused-ring (bicyclic) bond motifs is 1. The molecular formula is C11H15N3. The van der Waals surface area contributed by atoms with Crippen LogP contribution in [0.15, 0.2) is 18.2 Å². The van der Waals surface area contributed by atoms with Crippen molar-refractivity contribution in [3.63, 3.8) is 0 Å². The summed E-state index contributed by atoms with van der Waals surface area (Å²) in [6.07, 6.45) is 0. The summed E-state index contributed by atoms with van der Waals surface area (Å²) in [5.41, 5.74) is 8.19. The first-order chi connectivity index (χ1) is 6.59. The van der Waals surface area contributed by atoms with Gasteiger partial charge in [-0.15, -0.1) is 0 Å². The van der Waals surface area contributed by atoms with Crippen LogP contribution in [0, 0.1) is 6.92 Å². The smallest absolute Gasteiger partial charge is 0.153 e. The molecule has 0 atom stereocenters. The third-order valence-electron chi connectivity index (χ3n) is 2.38. The Morgan fingerprint density at radius 2 is 2.07 bits per heavy atom. The number of hydrogen-bond acceptors (Lipinski definition) is 2. The number of rotatable bonds is 1. The molecule has 3 nitrogen and oxygen atoms in total. The monoisotopic (exact) mass is 189 g/mol. The van der Waals surface area contributed by atoms with E-state index in [2.05, 4.69) is 38.0 Å². The zero-order chi connectivity index (χ0) is 10.3. The Kier molecular flexibility index (Phi) is 1.95. The SMILES string of the molecule is Cc1ccc2c(N)nn(C(C)C)c2c1. The van der Waals surface area contributed by atoms with Gasteiger partial charge in [0.1, 0.15) is 0 Å². The van der Waals surface area contributed by atoms with E-state index in [0.717, 1.165) is 10.9 Å². The van der Waals surface area contributed by atoms with Crippen molar-refractivity contribution in [1.82, 2.24) is 9.78 Å². The first-order valence-electron chi connectivity index (χ1n) is 4.84. The minimum absolute atomic E-state index is 0.344. The highest BCUT2D eigenvalue weighted by Gasteiger charge is 2.09. The fourth-order valence-electron chi connectivity index (χ4n) is 1.67. The molecule has 0 fully saturated rings. The van der Waals surface area contributed by atoms with E-state index in [1.54, 1.807) is 0 Å². The van der Waals surface area contributed by atoms with Crippen molar-refractivity contribution >= 4 is 16.7 Å². The van der Waals surface area contributed by atoms with Crippen LogP contribution < -0.4 is 5.73 Å². The molecule has 0 radical (unpaired) electrons. The van der Waals surface area contributed by atoms with Gasteiger partial charge in [0.05, 0.1) is 5.52 Å². The van der Waals surface area contributed by atoms with Crippen LogP contribution in [-0.2, 0) is 0 Å². The molecule has 1 aromatic carbocycles. The van der Waals surface area contributed by atoms with Gasteiger partial charge < -0.3 is 5.73 Å². The summed E-state index contributed by atoms with van der Waals surface area (Å²) in [6, 6.07) is 6.56. The summed E-state index contributed by atoms with van der Waals surface area (Å²) >= 11 is 0. The molecule has 0 aliphatic rings. The summed E-state index contributed by atoms with van der Waals surface area (Å²) in [4.78, 5) is 0. The maximum absolute atomic E-state index is 5.83. The van der Waals surface area contributed by atoms with E-state index in [1.165, 1.54) is 5.56 Å². The second-order valence-corrected chi connectivity index (χ2v) is 3.94. The molecule has 2 aromatic rings. The van der Waals surface area contributed by atoms with Gasteiger partial charge in [-0.25, -0.2) is 0 Å². The van der Waals surface area contributed by atoms with Gasteiger partial charge in [-0.2, -0.15) is 5.10 Å². The van der Waals surface area contributed by atoms with E-state index in [-0.39, 0.29) is 0 Å². The van der Waals surface area contributed by atoms with Gasteiger partial charge in [0.25, 0.3) is 0 Å². The van der Waals surface area contributed by atoms with Crippen LogP contribution in [0.4, 0.5) is 5.82 Å². The molecule has 0 bridgehead atoms. The molecule has 0 unspecified atom stereocenters. The van der Waals surface area contributed by atoms with Crippen LogP contribution in [0.1, 0.15) is 25.5 Å². The highest BCUT2D eigenvalue weighted by Crippen LogP contribution is 2.24. The molecule has 0 aliphatic heterocycles. The third kappa shape index (κ3) is 1.25. The van der Waals surface area contributed by atoms with Gasteiger partial charge >= 0.3 is 0 Å². The first-order valence-corrected chi connectivity index (χ1v) is 4.84. The largest absolute Gasteiger partial charge is 0.382 e. The van der Waals surface area contributed by atoms with Crippen molar-refractivity contribution in [2.45, 2.75) is 26.8 Å². The molecule has 1 aromatic heterocycles. The molecule has 74 valence electrons. The molecule has 0 amide bonds. The highest BCUT2D eigenvalue weighted by atomic mass is 15.3. The zero-order valence-corrected chi connectivity index (χ0v) is 8.78. The summed E-state index contributed by atoms with van der Waals surface area (Å²) in [5, 5.41) is 5.37. The predicted octanol–water partition coefficient (Wildman–Crippen LogP) is 2.51. The molecule has 2 rings (SSSR count). The van der Waals surface area contributed by atoms with Gasteiger partial charge in [0, 0.05) is 11.4 Å². The second kappa shape index (κ2) is 3.01. The maximum Gasteiger partial charge on any atom is 0.153 e. The number of nitrogen functional groups attached to an aromatic ring is 1. The van der Waals surface area contributed by atoms with Crippen molar-refractivity contribution in [1.29, 1.82) is 0 Å². The molecule has 0 saturated heterocycles. The van der Waals surface area contributed by atoms with E-state index in [4.69, 9.17) is 5.73 Å². The molecule has 14 heavy (non-hydrogen) atoms. The standard InChI is InChI=1S/C11H15N3/c1-7(2)14-10-6-8(3)4-5-9(10)11(12)13-14/h4-7H,1-3H3,(H2,12,13). The fourth-order valence-corrected chi connectivity index (χ4v) is 1.67. The molecule has 1 heterocycles. The number of benzene rings is 1. The lowest BCUT2D eigenvalue weighted by Crippen LogP contribution is -2.02. The van der Waals surface area contributed by atoms with Crippen molar-refractivity contribution < 1.29 is 0 Å². The van der Waals surface area contributed by atoms with E-state index < -0.39 is 0 Å². The van der Waals surface area contributed by atoms with Gasteiger partial charge in [-0.05, 0) is 38.5 Å². The number of aryl methyl sites for hydroxylation is 1. The number of hydrogen-bond donors (Lipinski definition) is 1. The Balaban J connectivity index is 2.79. The third-order valence-corrected chi connectivity index (χ3v) is 2.38. The van der Waals surface area contributed by atoms with Crippen LogP contribution >= 0.6 is 0 Å². The predicted molar refractivity (Wildman–Crippen MR) is 59.3 cm³/mol. The Bertz CT molecular complexity index is 469. The number of anilines is 1. The van der Waals surface area contributed by atoms with E-state index in [9.17, 15) is 0 Å². The molecule has 0 aliphatic carbocycles. The Morgan fingerprint density at radius 3 is 2.71 bits per heavy atom. The van der Waals surface area contributed by atoms with Crippen LogP contribution in [0.25, 0.3) is 10.9 Å². The van der Waals surface area contributed by atoms with Crippen LogP contribution in [0.2, 0.25) is 0 Å².